The molecule has 0 aliphatic carbocycles. The van der Waals surface area contributed by atoms with Crippen LogP contribution in [0.4, 0.5) is 26.6 Å². The number of carboxylic acid groups (broad SMARTS) is 1. The Morgan fingerprint density at radius 1 is 1.30 bits per heavy atom. The lowest BCUT2D eigenvalue weighted by molar-refractivity contribution is -0.124. The molecule has 1 aromatic heterocycles. The molecule has 2 aromatic rings. The van der Waals surface area contributed by atoms with E-state index in [1.165, 1.54) is 26.1 Å². The Morgan fingerprint density at radius 3 is 2.79 bits per heavy atom. The standard InChI is InChI=1S/C23H29FN6O3/c1-4-12-25-20-17(15-27-22(29-20)28-19-11-8-10-18(24)14-19)9-6-5-7-13-26-21(31)16(2)30(3)23(32)33/h8,10-11,14-16H,4-5,7,12-13H2,1-3H3,(H,26,31)(H,32,33)(H2,25,27,28,29). The summed E-state index contributed by atoms with van der Waals surface area (Å²) in [7, 11) is 1.35. The summed E-state index contributed by atoms with van der Waals surface area (Å²) in [5, 5.41) is 17.8. The van der Waals surface area contributed by atoms with Gasteiger partial charge in [0.2, 0.25) is 11.9 Å². The highest BCUT2D eigenvalue weighted by molar-refractivity contribution is 5.84. The lowest BCUT2D eigenvalue weighted by Gasteiger charge is -2.20. The van der Waals surface area contributed by atoms with Crippen LogP contribution < -0.4 is 16.0 Å². The minimum Gasteiger partial charge on any atom is -0.465 e. The van der Waals surface area contributed by atoms with E-state index in [0.717, 1.165) is 11.3 Å². The van der Waals surface area contributed by atoms with Crippen LogP contribution in [0, 0.1) is 17.7 Å². The molecule has 33 heavy (non-hydrogen) atoms. The van der Waals surface area contributed by atoms with E-state index < -0.39 is 12.1 Å². The number of benzene rings is 1. The summed E-state index contributed by atoms with van der Waals surface area (Å²) in [5.41, 5.74) is 1.18. The number of nitrogens with zero attached hydrogens (tertiary/aromatic N) is 3. The van der Waals surface area contributed by atoms with Gasteiger partial charge in [0, 0.05) is 32.2 Å². The first-order valence-corrected chi connectivity index (χ1v) is 10.7. The Hall–Kier alpha value is -3.87. The van der Waals surface area contributed by atoms with E-state index in [2.05, 4.69) is 37.8 Å². The number of nitrogens with one attached hydrogen (secondary N) is 3. The molecule has 0 bridgehead atoms. The summed E-state index contributed by atoms with van der Waals surface area (Å²) in [6.07, 6.45) is 2.49. The minimum absolute atomic E-state index is 0.327. The zero-order chi connectivity index (χ0) is 24.2. The molecule has 2 rings (SSSR count). The summed E-state index contributed by atoms with van der Waals surface area (Å²) >= 11 is 0. The second-order valence-electron chi connectivity index (χ2n) is 7.28. The van der Waals surface area contributed by atoms with Crippen molar-refractivity contribution in [1.82, 2.24) is 20.2 Å². The van der Waals surface area contributed by atoms with E-state index in [0.29, 0.717) is 48.9 Å². The highest BCUT2D eigenvalue weighted by Crippen LogP contribution is 2.18. The summed E-state index contributed by atoms with van der Waals surface area (Å²) in [5.74, 6) is 6.28. The van der Waals surface area contributed by atoms with Gasteiger partial charge in [0.25, 0.3) is 0 Å². The number of carbonyl (C=O) groups excluding carboxylic acids is 1. The number of anilines is 3. The van der Waals surface area contributed by atoms with Crippen LogP contribution in [0.15, 0.2) is 30.5 Å². The largest absolute Gasteiger partial charge is 0.465 e. The molecule has 0 fully saturated rings. The van der Waals surface area contributed by atoms with Gasteiger partial charge in [-0.15, -0.1) is 0 Å². The second-order valence-corrected chi connectivity index (χ2v) is 7.28. The molecule has 1 atom stereocenters. The minimum atomic E-state index is -1.16. The van der Waals surface area contributed by atoms with Crippen molar-refractivity contribution in [3.63, 3.8) is 0 Å². The van der Waals surface area contributed by atoms with Crippen LogP contribution in [0.3, 0.4) is 0 Å². The average Bonchev–Trinajstić information content (AvgIpc) is 2.79. The number of likely N-dealkylation sites (N-methyl/N-ethyl adjacent to an activating group) is 1. The highest BCUT2D eigenvalue weighted by Gasteiger charge is 2.21. The summed E-state index contributed by atoms with van der Waals surface area (Å²) in [6, 6.07) is 5.27. The maximum absolute atomic E-state index is 13.4. The van der Waals surface area contributed by atoms with Gasteiger partial charge in [-0.05, 0) is 38.0 Å². The highest BCUT2D eigenvalue weighted by atomic mass is 19.1. The predicted octanol–water partition coefficient (Wildman–Crippen LogP) is 3.43. The maximum Gasteiger partial charge on any atom is 0.407 e. The smallest absolute Gasteiger partial charge is 0.407 e. The lowest BCUT2D eigenvalue weighted by Crippen LogP contribution is -2.45. The number of aromatic nitrogens is 2. The van der Waals surface area contributed by atoms with E-state index in [1.807, 2.05) is 6.92 Å². The molecule has 9 nitrogen and oxygen atoms in total. The van der Waals surface area contributed by atoms with Crippen molar-refractivity contribution in [1.29, 1.82) is 0 Å². The summed E-state index contributed by atoms with van der Waals surface area (Å²) in [6.45, 7) is 4.66. The Kier molecular flexibility index (Phi) is 9.89. The molecule has 4 N–H and O–H groups in total. The van der Waals surface area contributed by atoms with Crippen molar-refractivity contribution in [3.8, 4) is 11.8 Å². The van der Waals surface area contributed by atoms with Gasteiger partial charge < -0.3 is 21.1 Å². The maximum atomic E-state index is 13.4. The van der Waals surface area contributed by atoms with Crippen LogP contribution in [0.5, 0.6) is 0 Å². The molecule has 0 saturated heterocycles. The van der Waals surface area contributed by atoms with E-state index in [9.17, 15) is 14.0 Å². The van der Waals surface area contributed by atoms with Gasteiger partial charge in [0.05, 0.1) is 11.8 Å². The van der Waals surface area contributed by atoms with Crippen molar-refractivity contribution >= 4 is 29.5 Å². The van der Waals surface area contributed by atoms with Crippen LogP contribution in [0.2, 0.25) is 0 Å². The fourth-order valence-corrected chi connectivity index (χ4v) is 2.64. The monoisotopic (exact) mass is 456 g/mol. The molecule has 0 saturated carbocycles. The summed E-state index contributed by atoms with van der Waals surface area (Å²) in [4.78, 5) is 32.5. The van der Waals surface area contributed by atoms with E-state index in [-0.39, 0.29) is 11.7 Å². The Balaban J connectivity index is 1.94. The topological polar surface area (TPSA) is 119 Å². The number of halogens is 1. The van der Waals surface area contributed by atoms with E-state index in [1.54, 1.807) is 18.3 Å². The van der Waals surface area contributed by atoms with Gasteiger partial charge in [0.15, 0.2) is 0 Å². The first-order valence-electron chi connectivity index (χ1n) is 10.7. The van der Waals surface area contributed by atoms with Crippen molar-refractivity contribution in [2.75, 3.05) is 30.8 Å². The van der Waals surface area contributed by atoms with Crippen molar-refractivity contribution in [2.24, 2.45) is 0 Å². The van der Waals surface area contributed by atoms with Crippen LogP contribution in [-0.4, -0.2) is 58.2 Å². The third-order valence-corrected chi connectivity index (χ3v) is 4.67. The second kappa shape index (κ2) is 12.9. The number of hydrogen-bond donors (Lipinski definition) is 4. The van der Waals surface area contributed by atoms with Crippen LogP contribution >= 0.6 is 0 Å². The predicted molar refractivity (Wildman–Crippen MR) is 125 cm³/mol. The van der Waals surface area contributed by atoms with Crippen molar-refractivity contribution in [2.45, 2.75) is 39.2 Å². The van der Waals surface area contributed by atoms with E-state index in [4.69, 9.17) is 5.11 Å². The number of rotatable bonds is 10. The molecule has 0 spiro atoms. The average molecular weight is 457 g/mol. The first-order chi connectivity index (χ1) is 15.8. The van der Waals surface area contributed by atoms with Gasteiger partial charge in [-0.25, -0.2) is 14.2 Å². The number of unbranched alkanes of at least 4 members (excludes halogenated alkanes) is 1. The van der Waals surface area contributed by atoms with Gasteiger partial charge in [-0.2, -0.15) is 4.98 Å². The molecule has 2 amide bonds. The number of hydrogen-bond acceptors (Lipinski definition) is 6. The van der Waals surface area contributed by atoms with Gasteiger partial charge in [-0.1, -0.05) is 24.8 Å². The van der Waals surface area contributed by atoms with Gasteiger partial charge in [-0.3, -0.25) is 9.69 Å². The van der Waals surface area contributed by atoms with Crippen LogP contribution in [-0.2, 0) is 4.79 Å². The Labute approximate surface area is 192 Å². The van der Waals surface area contributed by atoms with Crippen LogP contribution in [0.25, 0.3) is 0 Å². The van der Waals surface area contributed by atoms with Crippen molar-refractivity contribution in [3.05, 3.63) is 41.8 Å². The SMILES string of the molecule is CCCNc1nc(Nc2cccc(F)c2)ncc1C#CCCCNC(=O)C(C)N(C)C(=O)O. The summed E-state index contributed by atoms with van der Waals surface area (Å²) < 4.78 is 13.4. The molecular weight excluding hydrogens is 427 g/mol. The van der Waals surface area contributed by atoms with Crippen molar-refractivity contribution < 1.29 is 19.1 Å². The number of carbonyl (C=O) groups is 2. The molecular formula is C23H29FN6O3. The molecule has 10 heteroatoms. The Bertz CT molecular complexity index is 1020. The van der Waals surface area contributed by atoms with Gasteiger partial charge in [0.1, 0.15) is 17.7 Å². The zero-order valence-electron chi connectivity index (χ0n) is 19.0. The quantitative estimate of drug-likeness (QED) is 0.319. The molecule has 0 aliphatic heterocycles. The molecule has 0 radical (unpaired) electrons. The van der Waals surface area contributed by atoms with Crippen LogP contribution in [0.1, 0.15) is 38.7 Å². The van der Waals surface area contributed by atoms with Gasteiger partial charge >= 0.3 is 6.09 Å². The normalized spacial score (nSPS) is 11.0. The first kappa shape index (κ1) is 25.4. The number of amides is 2. The fraction of sp³-hybridized carbons (Fsp3) is 0.391. The molecule has 1 heterocycles. The molecule has 1 aromatic carbocycles. The molecule has 1 unspecified atom stereocenters. The zero-order valence-corrected chi connectivity index (χ0v) is 19.0. The lowest BCUT2D eigenvalue weighted by atomic mass is 10.2. The third-order valence-electron chi connectivity index (χ3n) is 4.67. The third kappa shape index (κ3) is 8.29. The fourth-order valence-electron chi connectivity index (χ4n) is 2.64. The Morgan fingerprint density at radius 2 is 2.09 bits per heavy atom. The molecule has 0 aliphatic rings. The van der Waals surface area contributed by atoms with E-state index >= 15 is 0 Å². The molecule has 176 valence electrons.